The largest absolute Gasteiger partial charge is 0.310 e. The van der Waals surface area contributed by atoms with Crippen LogP contribution in [0, 0.1) is 5.92 Å². The van der Waals surface area contributed by atoms with Gasteiger partial charge in [-0.25, -0.2) is 4.98 Å². The normalized spacial score (nSPS) is 17.9. The van der Waals surface area contributed by atoms with Crippen LogP contribution >= 0.6 is 0 Å². The number of hydrogen-bond acceptors (Lipinski definition) is 5. The molecule has 1 saturated carbocycles. The van der Waals surface area contributed by atoms with E-state index >= 15 is 0 Å². The number of nitrogens with zero attached hydrogens (tertiary/aromatic N) is 4. The fourth-order valence-corrected chi connectivity index (χ4v) is 3.96. The molecule has 0 radical (unpaired) electrons. The minimum Gasteiger partial charge on any atom is -0.310 e. The van der Waals surface area contributed by atoms with E-state index in [9.17, 15) is 4.79 Å². The Labute approximate surface area is 176 Å². The Bertz CT molecular complexity index is 1070. The molecule has 3 aromatic rings. The number of carbonyl (C=O) groups is 1. The smallest absolute Gasteiger partial charge is 0.228 e. The SMILES string of the molecule is CN1CCN(Cc2cncc(-c3ccc4cnc(NC(=O)C5CC5)cc4c3)c2)CC1. The van der Waals surface area contributed by atoms with E-state index in [0.29, 0.717) is 5.82 Å². The Balaban J connectivity index is 1.36. The summed E-state index contributed by atoms with van der Waals surface area (Å²) >= 11 is 0. The molecule has 1 amide bonds. The van der Waals surface area contributed by atoms with Crippen molar-refractivity contribution in [3.05, 3.63) is 54.5 Å². The molecule has 1 aliphatic carbocycles. The lowest BCUT2D eigenvalue weighted by Gasteiger charge is -2.32. The van der Waals surface area contributed by atoms with Crippen molar-refractivity contribution < 1.29 is 4.79 Å². The van der Waals surface area contributed by atoms with Crippen molar-refractivity contribution in [2.24, 2.45) is 5.92 Å². The van der Waals surface area contributed by atoms with E-state index < -0.39 is 0 Å². The summed E-state index contributed by atoms with van der Waals surface area (Å²) in [6.07, 6.45) is 7.69. The van der Waals surface area contributed by atoms with Gasteiger partial charge in [-0.3, -0.25) is 14.7 Å². The molecule has 6 heteroatoms. The zero-order valence-corrected chi connectivity index (χ0v) is 17.3. The summed E-state index contributed by atoms with van der Waals surface area (Å²) in [4.78, 5) is 25.8. The second kappa shape index (κ2) is 8.13. The lowest BCUT2D eigenvalue weighted by atomic mass is 10.0. The van der Waals surface area contributed by atoms with Crippen LogP contribution in [0.4, 0.5) is 5.82 Å². The molecule has 3 heterocycles. The summed E-state index contributed by atoms with van der Waals surface area (Å²) in [7, 11) is 2.18. The number of hydrogen-bond donors (Lipinski definition) is 1. The number of nitrogens with one attached hydrogen (secondary N) is 1. The summed E-state index contributed by atoms with van der Waals surface area (Å²) in [6.45, 7) is 5.36. The lowest BCUT2D eigenvalue weighted by Crippen LogP contribution is -2.43. The number of pyridine rings is 2. The number of fused-ring (bicyclic) bond motifs is 1. The summed E-state index contributed by atoms with van der Waals surface area (Å²) in [5.41, 5.74) is 3.48. The Hall–Kier alpha value is -2.83. The molecule has 5 rings (SSSR count). The summed E-state index contributed by atoms with van der Waals surface area (Å²) in [5, 5.41) is 5.07. The second-order valence-corrected chi connectivity index (χ2v) is 8.56. The Morgan fingerprint density at radius 3 is 2.63 bits per heavy atom. The van der Waals surface area contributed by atoms with Crippen molar-refractivity contribution in [1.82, 2.24) is 19.8 Å². The van der Waals surface area contributed by atoms with E-state index in [-0.39, 0.29) is 11.8 Å². The fraction of sp³-hybridized carbons (Fsp3) is 0.375. The van der Waals surface area contributed by atoms with Gasteiger partial charge in [0.05, 0.1) is 0 Å². The molecule has 6 nitrogen and oxygen atoms in total. The topological polar surface area (TPSA) is 61.4 Å². The summed E-state index contributed by atoms with van der Waals surface area (Å²) in [5.74, 6) is 0.875. The molecule has 0 spiro atoms. The highest BCUT2D eigenvalue weighted by atomic mass is 16.2. The van der Waals surface area contributed by atoms with Gasteiger partial charge in [0, 0.05) is 68.2 Å². The van der Waals surface area contributed by atoms with Crippen molar-refractivity contribution in [3.63, 3.8) is 0 Å². The lowest BCUT2D eigenvalue weighted by molar-refractivity contribution is -0.117. The van der Waals surface area contributed by atoms with Crippen molar-refractivity contribution in [1.29, 1.82) is 0 Å². The highest BCUT2D eigenvalue weighted by molar-refractivity contribution is 5.96. The van der Waals surface area contributed by atoms with Crippen molar-refractivity contribution in [2.75, 3.05) is 38.5 Å². The van der Waals surface area contributed by atoms with Crippen LogP contribution < -0.4 is 5.32 Å². The first-order valence-corrected chi connectivity index (χ1v) is 10.7. The van der Waals surface area contributed by atoms with Gasteiger partial charge in [-0.1, -0.05) is 12.1 Å². The molecule has 2 aromatic heterocycles. The first kappa shape index (κ1) is 19.2. The third-order valence-electron chi connectivity index (χ3n) is 6.05. The van der Waals surface area contributed by atoms with Crippen LogP contribution in [0.2, 0.25) is 0 Å². The van der Waals surface area contributed by atoms with E-state index in [2.05, 4.69) is 56.4 Å². The molecule has 0 unspecified atom stereocenters. The highest BCUT2D eigenvalue weighted by Crippen LogP contribution is 2.31. The number of amides is 1. The van der Waals surface area contributed by atoms with Gasteiger partial charge in [-0.15, -0.1) is 0 Å². The van der Waals surface area contributed by atoms with Gasteiger partial charge in [0.15, 0.2) is 0 Å². The van der Waals surface area contributed by atoms with Gasteiger partial charge < -0.3 is 10.2 Å². The third-order valence-corrected chi connectivity index (χ3v) is 6.05. The number of rotatable bonds is 5. The predicted octanol–water partition coefficient (Wildman–Crippen LogP) is 3.39. The van der Waals surface area contributed by atoms with Crippen molar-refractivity contribution >= 4 is 22.5 Å². The van der Waals surface area contributed by atoms with Gasteiger partial charge in [0.2, 0.25) is 5.91 Å². The van der Waals surface area contributed by atoms with E-state index in [1.54, 1.807) is 0 Å². The van der Waals surface area contributed by atoms with E-state index in [0.717, 1.165) is 67.5 Å². The second-order valence-electron chi connectivity index (χ2n) is 8.56. The quantitative estimate of drug-likeness (QED) is 0.710. The molecule has 1 aliphatic heterocycles. The van der Waals surface area contributed by atoms with Crippen LogP contribution in [-0.4, -0.2) is 58.9 Å². The van der Waals surface area contributed by atoms with Crippen molar-refractivity contribution in [3.8, 4) is 11.1 Å². The molecule has 154 valence electrons. The molecule has 1 saturated heterocycles. The molecule has 1 aromatic carbocycles. The van der Waals surface area contributed by atoms with E-state index in [1.807, 2.05) is 24.7 Å². The van der Waals surface area contributed by atoms with Gasteiger partial charge in [0.25, 0.3) is 0 Å². The van der Waals surface area contributed by atoms with Crippen LogP contribution in [0.15, 0.2) is 48.9 Å². The fourth-order valence-electron chi connectivity index (χ4n) is 3.96. The number of benzene rings is 1. The number of piperazine rings is 1. The first-order chi connectivity index (χ1) is 14.6. The van der Waals surface area contributed by atoms with Gasteiger partial charge >= 0.3 is 0 Å². The summed E-state index contributed by atoms with van der Waals surface area (Å²) in [6, 6.07) is 10.5. The molecular weight excluding hydrogens is 374 g/mol. The standard InChI is InChI=1S/C24H27N5O/c1-28-6-8-29(9-7-28)16-17-10-22(14-25-13-17)19-4-5-20-15-26-23(12-21(20)11-19)27-24(30)18-2-3-18/h4-5,10-15,18H,2-3,6-9,16H2,1H3,(H,26,27,30). The summed E-state index contributed by atoms with van der Waals surface area (Å²) < 4.78 is 0. The molecule has 0 atom stereocenters. The molecule has 30 heavy (non-hydrogen) atoms. The van der Waals surface area contributed by atoms with Crippen LogP contribution in [0.5, 0.6) is 0 Å². The molecule has 1 N–H and O–H groups in total. The van der Waals surface area contributed by atoms with Crippen LogP contribution in [0.1, 0.15) is 18.4 Å². The Morgan fingerprint density at radius 2 is 1.83 bits per heavy atom. The van der Waals surface area contributed by atoms with Crippen LogP contribution in [0.25, 0.3) is 21.9 Å². The zero-order chi connectivity index (χ0) is 20.5. The number of carbonyl (C=O) groups excluding carboxylic acids is 1. The maximum atomic E-state index is 12.1. The van der Waals surface area contributed by atoms with Gasteiger partial charge in [-0.2, -0.15) is 0 Å². The zero-order valence-electron chi connectivity index (χ0n) is 17.3. The van der Waals surface area contributed by atoms with E-state index in [4.69, 9.17) is 0 Å². The maximum absolute atomic E-state index is 12.1. The molecule has 2 aliphatic rings. The van der Waals surface area contributed by atoms with Crippen LogP contribution in [-0.2, 0) is 11.3 Å². The third kappa shape index (κ3) is 4.35. The average molecular weight is 402 g/mol. The molecule has 0 bridgehead atoms. The van der Waals surface area contributed by atoms with Gasteiger partial charge in [-0.05, 0) is 54.6 Å². The maximum Gasteiger partial charge on any atom is 0.228 e. The molecule has 2 fully saturated rings. The first-order valence-electron chi connectivity index (χ1n) is 10.7. The Morgan fingerprint density at radius 1 is 1.00 bits per heavy atom. The van der Waals surface area contributed by atoms with E-state index in [1.165, 1.54) is 5.56 Å². The minimum atomic E-state index is 0.0822. The molecular formula is C24H27N5O. The monoisotopic (exact) mass is 401 g/mol. The van der Waals surface area contributed by atoms with Crippen LogP contribution in [0.3, 0.4) is 0 Å². The van der Waals surface area contributed by atoms with Crippen molar-refractivity contribution in [2.45, 2.75) is 19.4 Å². The number of likely N-dealkylation sites (N-methyl/N-ethyl adjacent to an activating group) is 1. The minimum absolute atomic E-state index is 0.0822. The Kier molecular flexibility index (Phi) is 5.19. The van der Waals surface area contributed by atoms with Gasteiger partial charge in [0.1, 0.15) is 5.82 Å². The average Bonchev–Trinajstić information content (AvgIpc) is 3.61. The highest BCUT2D eigenvalue weighted by Gasteiger charge is 2.29. The number of aromatic nitrogens is 2. The number of anilines is 1. The predicted molar refractivity (Wildman–Crippen MR) is 119 cm³/mol.